The molecule has 0 radical (unpaired) electrons. The number of hydrogen-bond donors (Lipinski definition) is 0. The fraction of sp³-hybridized carbons (Fsp3) is 0.538. The summed E-state index contributed by atoms with van der Waals surface area (Å²) in [5.41, 5.74) is 2.31. The Morgan fingerprint density at radius 1 is 1.28 bits per heavy atom. The molecule has 1 fully saturated rings. The van der Waals surface area contributed by atoms with Crippen molar-refractivity contribution >= 4 is 27.4 Å². The lowest BCUT2D eigenvalue weighted by atomic mass is 10.2. The van der Waals surface area contributed by atoms with E-state index in [2.05, 4.69) is 41.0 Å². The van der Waals surface area contributed by atoms with Gasteiger partial charge in [-0.3, -0.25) is 0 Å². The molecule has 0 aliphatic carbocycles. The summed E-state index contributed by atoms with van der Waals surface area (Å²) >= 11 is 1.73. The van der Waals surface area contributed by atoms with E-state index in [4.69, 9.17) is 4.74 Å². The largest absolute Gasteiger partial charge is 0.372 e. The van der Waals surface area contributed by atoms with Crippen LogP contribution in [0.4, 0.5) is 5.82 Å². The zero-order chi connectivity index (χ0) is 12.7. The van der Waals surface area contributed by atoms with Gasteiger partial charge in [-0.25, -0.2) is 9.97 Å². The van der Waals surface area contributed by atoms with Gasteiger partial charge in [0.2, 0.25) is 0 Å². The summed E-state index contributed by atoms with van der Waals surface area (Å²) in [6, 6.07) is 0. The number of hydrogen-bond acceptors (Lipinski definition) is 5. The van der Waals surface area contributed by atoms with Gasteiger partial charge in [-0.1, -0.05) is 0 Å². The third-order valence-corrected chi connectivity index (χ3v) is 4.31. The normalized spacial score (nSPS) is 24.7. The molecule has 2 atom stereocenters. The zero-order valence-electron chi connectivity index (χ0n) is 10.9. The van der Waals surface area contributed by atoms with E-state index in [0.29, 0.717) is 0 Å². The summed E-state index contributed by atoms with van der Waals surface area (Å²) in [5, 5.41) is 2.15. The SMILES string of the molecule is Cc1csc2c(N3C[C@@H](C)O[C@@H](C)C3)ncnc12. The minimum Gasteiger partial charge on any atom is -0.372 e. The number of nitrogens with zero attached hydrogens (tertiary/aromatic N) is 3. The molecule has 2 aromatic rings. The number of aromatic nitrogens is 2. The lowest BCUT2D eigenvalue weighted by molar-refractivity contribution is -0.00536. The molecule has 2 aromatic heterocycles. The maximum absolute atomic E-state index is 5.77. The van der Waals surface area contributed by atoms with Crippen LogP contribution >= 0.6 is 11.3 Å². The molecule has 0 bridgehead atoms. The first-order valence-electron chi connectivity index (χ1n) is 6.24. The molecule has 4 nitrogen and oxygen atoms in total. The van der Waals surface area contributed by atoms with Gasteiger partial charge in [0, 0.05) is 13.1 Å². The summed E-state index contributed by atoms with van der Waals surface area (Å²) in [6.45, 7) is 8.11. The molecule has 1 saturated heterocycles. The van der Waals surface area contributed by atoms with Crippen molar-refractivity contribution in [2.45, 2.75) is 33.0 Å². The van der Waals surface area contributed by atoms with E-state index in [1.807, 2.05) is 0 Å². The van der Waals surface area contributed by atoms with E-state index in [-0.39, 0.29) is 12.2 Å². The van der Waals surface area contributed by atoms with Crippen LogP contribution in [0.3, 0.4) is 0 Å². The molecule has 0 amide bonds. The van der Waals surface area contributed by atoms with E-state index in [1.54, 1.807) is 17.7 Å². The van der Waals surface area contributed by atoms with Gasteiger partial charge in [0.1, 0.15) is 12.1 Å². The lowest BCUT2D eigenvalue weighted by Gasteiger charge is -2.36. The quantitative estimate of drug-likeness (QED) is 0.792. The first-order chi connectivity index (χ1) is 8.65. The molecule has 0 aromatic carbocycles. The van der Waals surface area contributed by atoms with Gasteiger partial charge < -0.3 is 9.64 Å². The number of morpholine rings is 1. The van der Waals surface area contributed by atoms with Crippen LogP contribution in [0.15, 0.2) is 11.7 Å². The minimum absolute atomic E-state index is 0.250. The molecule has 3 rings (SSSR count). The molecular weight excluding hydrogens is 246 g/mol. The van der Waals surface area contributed by atoms with Crippen molar-refractivity contribution in [3.05, 3.63) is 17.3 Å². The Hall–Kier alpha value is -1.20. The Kier molecular flexibility index (Phi) is 2.95. The molecule has 96 valence electrons. The number of aryl methyl sites for hydroxylation is 1. The van der Waals surface area contributed by atoms with Gasteiger partial charge >= 0.3 is 0 Å². The van der Waals surface area contributed by atoms with Crippen LogP contribution in [-0.2, 0) is 4.74 Å². The standard InChI is InChI=1S/C13H17N3OS/c1-8-6-18-12-11(8)14-7-15-13(12)16-4-9(2)17-10(3)5-16/h6-7,9-10H,4-5H2,1-3H3/t9-,10+. The van der Waals surface area contributed by atoms with Gasteiger partial charge in [-0.05, 0) is 31.7 Å². The highest BCUT2D eigenvalue weighted by Crippen LogP contribution is 2.32. The van der Waals surface area contributed by atoms with E-state index >= 15 is 0 Å². The second-order valence-corrected chi connectivity index (χ2v) is 5.84. The van der Waals surface area contributed by atoms with Crippen LogP contribution in [0.1, 0.15) is 19.4 Å². The van der Waals surface area contributed by atoms with Gasteiger partial charge in [-0.15, -0.1) is 11.3 Å². The first-order valence-corrected chi connectivity index (χ1v) is 7.12. The molecule has 1 aliphatic rings. The predicted octanol–water partition coefficient (Wildman–Crippen LogP) is 2.61. The Labute approximate surface area is 111 Å². The highest BCUT2D eigenvalue weighted by Gasteiger charge is 2.25. The van der Waals surface area contributed by atoms with Crippen LogP contribution in [0.2, 0.25) is 0 Å². The maximum atomic E-state index is 5.77. The van der Waals surface area contributed by atoms with E-state index < -0.39 is 0 Å². The number of ether oxygens (including phenoxy) is 1. The summed E-state index contributed by atoms with van der Waals surface area (Å²) in [5.74, 6) is 1.06. The van der Waals surface area contributed by atoms with Crippen LogP contribution in [0.25, 0.3) is 10.2 Å². The number of rotatable bonds is 1. The maximum Gasteiger partial charge on any atom is 0.150 e. The van der Waals surface area contributed by atoms with Gasteiger partial charge in [-0.2, -0.15) is 0 Å². The summed E-state index contributed by atoms with van der Waals surface area (Å²) < 4.78 is 6.96. The summed E-state index contributed by atoms with van der Waals surface area (Å²) in [4.78, 5) is 11.2. The Balaban J connectivity index is 2.03. The first kappa shape index (κ1) is 11.9. The number of fused-ring (bicyclic) bond motifs is 1. The average Bonchev–Trinajstić information content (AvgIpc) is 2.70. The van der Waals surface area contributed by atoms with Crippen LogP contribution in [0, 0.1) is 6.92 Å². The molecule has 5 heteroatoms. The average molecular weight is 263 g/mol. The van der Waals surface area contributed by atoms with Gasteiger partial charge in [0.05, 0.1) is 22.4 Å². The van der Waals surface area contributed by atoms with E-state index in [9.17, 15) is 0 Å². The number of anilines is 1. The molecule has 18 heavy (non-hydrogen) atoms. The molecule has 0 spiro atoms. The van der Waals surface area contributed by atoms with Crippen molar-refractivity contribution in [1.29, 1.82) is 0 Å². The van der Waals surface area contributed by atoms with Crippen molar-refractivity contribution in [2.75, 3.05) is 18.0 Å². The highest BCUT2D eigenvalue weighted by molar-refractivity contribution is 7.18. The topological polar surface area (TPSA) is 38.2 Å². The third-order valence-electron chi connectivity index (χ3n) is 3.23. The summed E-state index contributed by atoms with van der Waals surface area (Å²) in [7, 11) is 0. The van der Waals surface area contributed by atoms with Crippen LogP contribution in [0.5, 0.6) is 0 Å². The lowest BCUT2D eigenvalue weighted by Crippen LogP contribution is -2.45. The molecule has 3 heterocycles. The summed E-state index contributed by atoms with van der Waals surface area (Å²) in [6.07, 6.45) is 2.17. The molecule has 0 saturated carbocycles. The Morgan fingerprint density at radius 3 is 2.72 bits per heavy atom. The molecule has 0 unspecified atom stereocenters. The molecule has 1 aliphatic heterocycles. The Bertz CT molecular complexity index is 558. The van der Waals surface area contributed by atoms with Gasteiger partial charge in [0.15, 0.2) is 0 Å². The zero-order valence-corrected chi connectivity index (χ0v) is 11.7. The van der Waals surface area contributed by atoms with Crippen molar-refractivity contribution in [2.24, 2.45) is 0 Å². The second-order valence-electron chi connectivity index (χ2n) is 4.96. The Morgan fingerprint density at radius 2 is 2.00 bits per heavy atom. The van der Waals surface area contributed by atoms with Crippen LogP contribution < -0.4 is 4.90 Å². The number of thiophene rings is 1. The van der Waals surface area contributed by atoms with Crippen molar-refractivity contribution in [1.82, 2.24) is 9.97 Å². The van der Waals surface area contributed by atoms with Crippen molar-refractivity contribution in [3.8, 4) is 0 Å². The van der Waals surface area contributed by atoms with Crippen LogP contribution in [-0.4, -0.2) is 35.3 Å². The van der Waals surface area contributed by atoms with Gasteiger partial charge in [0.25, 0.3) is 0 Å². The fourth-order valence-corrected chi connectivity index (χ4v) is 3.55. The third kappa shape index (κ3) is 1.97. The van der Waals surface area contributed by atoms with Crippen molar-refractivity contribution < 1.29 is 4.74 Å². The smallest absolute Gasteiger partial charge is 0.150 e. The second kappa shape index (κ2) is 4.48. The van der Waals surface area contributed by atoms with E-state index in [0.717, 1.165) is 24.4 Å². The highest BCUT2D eigenvalue weighted by atomic mass is 32.1. The fourth-order valence-electron chi connectivity index (χ4n) is 2.53. The minimum atomic E-state index is 0.250. The van der Waals surface area contributed by atoms with E-state index in [1.165, 1.54) is 10.3 Å². The van der Waals surface area contributed by atoms with Crippen molar-refractivity contribution in [3.63, 3.8) is 0 Å². The predicted molar refractivity (Wildman–Crippen MR) is 74.4 cm³/mol. The molecule has 0 N–H and O–H groups in total. The molecular formula is C13H17N3OS. The monoisotopic (exact) mass is 263 g/mol.